The number of alkyl halides is 3. The van der Waals surface area contributed by atoms with Gasteiger partial charge in [-0.25, -0.2) is 4.79 Å². The van der Waals surface area contributed by atoms with Crippen LogP contribution in [0.3, 0.4) is 0 Å². The fourth-order valence-corrected chi connectivity index (χ4v) is 3.87. The van der Waals surface area contributed by atoms with Crippen LogP contribution in [0.4, 0.5) is 18.0 Å². The Labute approximate surface area is 183 Å². The first-order chi connectivity index (χ1) is 14.6. The molecule has 1 unspecified atom stereocenters. The third-order valence-electron chi connectivity index (χ3n) is 5.54. The molecule has 2 N–H and O–H groups in total. The monoisotopic (exact) mass is 463 g/mol. The summed E-state index contributed by atoms with van der Waals surface area (Å²) in [4.78, 5) is 27.7. The first-order valence-electron chi connectivity index (χ1n) is 10.1. The number of amides is 3. The standard InChI is InChI=1S/C20H25ClF3N3O4/c1-12(31-17-5-4-14(7-16(17)21)20(22,23)24)13-8-27(9-13)19(30)26-6-2-3-18(29)25-15(10-26)11-28/h4-5,7,12-13,15,28H,2-3,6,8-11H2,1H3,(H,25,29)/t12?,15-/m1/s1. The van der Waals surface area contributed by atoms with Crippen LogP contribution in [0.5, 0.6) is 5.75 Å². The predicted octanol–water partition coefficient (Wildman–Crippen LogP) is 2.75. The van der Waals surface area contributed by atoms with Crippen molar-refractivity contribution in [2.75, 3.05) is 32.8 Å². The van der Waals surface area contributed by atoms with Gasteiger partial charge >= 0.3 is 12.2 Å². The van der Waals surface area contributed by atoms with E-state index in [0.29, 0.717) is 32.5 Å². The summed E-state index contributed by atoms with van der Waals surface area (Å²) in [5.74, 6) is 0.0331. The number of aliphatic hydroxyl groups is 1. The second-order valence-electron chi connectivity index (χ2n) is 7.91. The molecule has 0 spiro atoms. The topological polar surface area (TPSA) is 82.1 Å². The molecule has 0 aromatic heterocycles. The van der Waals surface area contributed by atoms with Gasteiger partial charge in [-0.05, 0) is 31.5 Å². The van der Waals surface area contributed by atoms with E-state index in [0.717, 1.165) is 12.1 Å². The lowest BCUT2D eigenvalue weighted by atomic mass is 9.95. The number of urea groups is 1. The van der Waals surface area contributed by atoms with Crippen molar-refractivity contribution in [2.24, 2.45) is 5.92 Å². The van der Waals surface area contributed by atoms with Crippen molar-refractivity contribution in [1.82, 2.24) is 15.1 Å². The highest BCUT2D eigenvalue weighted by molar-refractivity contribution is 6.32. The minimum Gasteiger partial charge on any atom is -0.489 e. The number of nitrogens with zero attached hydrogens (tertiary/aromatic N) is 2. The molecule has 0 saturated carbocycles. The van der Waals surface area contributed by atoms with E-state index >= 15 is 0 Å². The molecule has 1 aromatic rings. The maximum atomic E-state index is 12.8. The zero-order valence-electron chi connectivity index (χ0n) is 17.0. The summed E-state index contributed by atoms with van der Waals surface area (Å²) in [6.07, 6.45) is -4.00. The molecule has 7 nitrogen and oxygen atoms in total. The lowest BCUT2D eigenvalue weighted by molar-refractivity contribution is -0.137. The maximum absolute atomic E-state index is 12.8. The van der Waals surface area contributed by atoms with Crippen LogP contribution >= 0.6 is 11.6 Å². The molecule has 2 saturated heterocycles. The lowest BCUT2D eigenvalue weighted by Gasteiger charge is -2.44. The van der Waals surface area contributed by atoms with Gasteiger partial charge in [0.15, 0.2) is 0 Å². The molecular weight excluding hydrogens is 439 g/mol. The first kappa shape index (κ1) is 23.5. The molecule has 1 aromatic carbocycles. The van der Waals surface area contributed by atoms with Crippen molar-refractivity contribution in [3.05, 3.63) is 28.8 Å². The molecule has 172 valence electrons. The number of halogens is 4. The van der Waals surface area contributed by atoms with E-state index in [9.17, 15) is 27.9 Å². The minimum atomic E-state index is -4.48. The summed E-state index contributed by atoms with van der Waals surface area (Å²) in [6, 6.07) is 2.28. The number of rotatable bonds is 4. The average Bonchev–Trinajstić information content (AvgIpc) is 2.63. The SMILES string of the molecule is CC(Oc1ccc(C(F)(F)F)cc1Cl)C1CN(C(=O)N2CCCC(=O)N[C@@H](CO)C2)C1. The molecule has 3 amide bonds. The highest BCUT2D eigenvalue weighted by Crippen LogP contribution is 2.36. The summed E-state index contributed by atoms with van der Waals surface area (Å²) in [5.41, 5.74) is -0.844. The number of hydrogen-bond donors (Lipinski definition) is 2. The van der Waals surface area contributed by atoms with E-state index in [1.165, 1.54) is 6.07 Å². The number of carbonyl (C=O) groups excluding carboxylic acids is 2. The summed E-state index contributed by atoms with van der Waals surface area (Å²) in [5, 5.41) is 12.0. The Morgan fingerprint density at radius 1 is 1.32 bits per heavy atom. The molecular formula is C20H25ClF3N3O4. The van der Waals surface area contributed by atoms with Gasteiger partial charge in [-0.1, -0.05) is 11.6 Å². The molecule has 31 heavy (non-hydrogen) atoms. The molecule has 11 heteroatoms. The van der Waals surface area contributed by atoms with Crippen molar-refractivity contribution in [2.45, 2.75) is 38.1 Å². The third kappa shape index (κ3) is 5.74. The summed E-state index contributed by atoms with van der Waals surface area (Å²) < 4.78 is 44.0. The van der Waals surface area contributed by atoms with Crippen LogP contribution in [-0.4, -0.2) is 71.8 Å². The minimum absolute atomic E-state index is 0.00501. The third-order valence-corrected chi connectivity index (χ3v) is 5.84. The zero-order valence-corrected chi connectivity index (χ0v) is 17.7. The van der Waals surface area contributed by atoms with Crippen molar-refractivity contribution in [1.29, 1.82) is 0 Å². The van der Waals surface area contributed by atoms with Gasteiger partial charge in [-0.15, -0.1) is 0 Å². The van der Waals surface area contributed by atoms with Crippen molar-refractivity contribution >= 4 is 23.5 Å². The van der Waals surface area contributed by atoms with Crippen LogP contribution < -0.4 is 10.1 Å². The van der Waals surface area contributed by atoms with Crippen molar-refractivity contribution in [3.63, 3.8) is 0 Å². The smallest absolute Gasteiger partial charge is 0.416 e. The Hall–Kier alpha value is -2.20. The van der Waals surface area contributed by atoms with Gasteiger partial charge in [0, 0.05) is 38.5 Å². The van der Waals surface area contributed by atoms with Gasteiger partial charge in [0.05, 0.1) is 23.2 Å². The highest BCUT2D eigenvalue weighted by Gasteiger charge is 2.38. The maximum Gasteiger partial charge on any atom is 0.416 e. The number of hydrogen-bond acceptors (Lipinski definition) is 4. The number of carbonyl (C=O) groups is 2. The van der Waals surface area contributed by atoms with E-state index in [4.69, 9.17) is 16.3 Å². The second kappa shape index (κ2) is 9.52. The lowest BCUT2D eigenvalue weighted by Crippen LogP contribution is -2.60. The highest BCUT2D eigenvalue weighted by atomic mass is 35.5. The molecule has 2 aliphatic rings. The molecule has 2 aliphatic heterocycles. The molecule has 2 atom stereocenters. The normalized spacial score (nSPS) is 21.6. The fraction of sp³-hybridized carbons (Fsp3) is 0.600. The second-order valence-corrected chi connectivity index (χ2v) is 8.32. The van der Waals surface area contributed by atoms with Crippen LogP contribution in [0.25, 0.3) is 0 Å². The van der Waals surface area contributed by atoms with E-state index < -0.39 is 17.8 Å². The molecule has 3 rings (SSSR count). The van der Waals surface area contributed by atoms with Crippen LogP contribution in [0, 0.1) is 5.92 Å². The Kier molecular flexibility index (Phi) is 7.20. The summed E-state index contributed by atoms with van der Waals surface area (Å²) >= 11 is 5.95. The van der Waals surface area contributed by atoms with Gasteiger partial charge in [-0.3, -0.25) is 4.79 Å². The summed E-state index contributed by atoms with van der Waals surface area (Å²) in [6.45, 7) is 3.06. The summed E-state index contributed by atoms with van der Waals surface area (Å²) in [7, 11) is 0. The van der Waals surface area contributed by atoms with Gasteiger partial charge in [0.2, 0.25) is 5.91 Å². The van der Waals surface area contributed by atoms with Gasteiger partial charge < -0.3 is 25.0 Å². The number of aliphatic hydroxyl groups excluding tert-OH is 1. The van der Waals surface area contributed by atoms with Gasteiger partial charge in [-0.2, -0.15) is 13.2 Å². The van der Waals surface area contributed by atoms with E-state index in [1.807, 2.05) is 0 Å². The van der Waals surface area contributed by atoms with Crippen LogP contribution in [0.15, 0.2) is 18.2 Å². The Balaban J connectivity index is 1.53. The first-order valence-corrected chi connectivity index (χ1v) is 10.4. The van der Waals surface area contributed by atoms with Gasteiger partial charge in [0.25, 0.3) is 0 Å². The Morgan fingerprint density at radius 2 is 2.03 bits per heavy atom. The van der Waals surface area contributed by atoms with Crippen molar-refractivity contribution < 1.29 is 32.6 Å². The number of ether oxygens (including phenoxy) is 1. The molecule has 2 fully saturated rings. The zero-order chi connectivity index (χ0) is 22.8. The quantitative estimate of drug-likeness (QED) is 0.719. The average molecular weight is 464 g/mol. The molecule has 2 heterocycles. The van der Waals surface area contributed by atoms with Crippen LogP contribution in [0.2, 0.25) is 5.02 Å². The Bertz CT molecular complexity index is 817. The van der Waals surface area contributed by atoms with Gasteiger partial charge in [0.1, 0.15) is 11.9 Å². The largest absolute Gasteiger partial charge is 0.489 e. The van der Waals surface area contributed by atoms with E-state index in [2.05, 4.69) is 5.32 Å². The predicted molar refractivity (Wildman–Crippen MR) is 107 cm³/mol. The van der Waals surface area contributed by atoms with E-state index in [1.54, 1.807) is 16.7 Å². The molecule has 0 bridgehead atoms. The molecule has 0 aliphatic carbocycles. The molecule has 0 radical (unpaired) electrons. The van der Waals surface area contributed by atoms with Crippen LogP contribution in [-0.2, 0) is 11.0 Å². The number of nitrogens with one attached hydrogen (secondary N) is 1. The number of likely N-dealkylation sites (tertiary alicyclic amines) is 1. The number of benzene rings is 1. The Morgan fingerprint density at radius 3 is 2.65 bits per heavy atom. The van der Waals surface area contributed by atoms with E-state index in [-0.39, 0.29) is 47.9 Å². The van der Waals surface area contributed by atoms with Crippen molar-refractivity contribution in [3.8, 4) is 5.75 Å². The fourth-order valence-electron chi connectivity index (χ4n) is 3.65. The van der Waals surface area contributed by atoms with Crippen LogP contribution in [0.1, 0.15) is 25.3 Å².